The second kappa shape index (κ2) is 22.3. The molecule has 0 spiro atoms. The van der Waals surface area contributed by atoms with Crippen LogP contribution in [0.25, 0.3) is 10.9 Å². The van der Waals surface area contributed by atoms with Gasteiger partial charge in [-0.1, -0.05) is 19.9 Å². The van der Waals surface area contributed by atoms with E-state index in [4.69, 9.17) is 15.3 Å². The minimum atomic E-state index is -4.56. The number of amides is 5. The summed E-state index contributed by atoms with van der Waals surface area (Å²) in [6.07, 6.45) is 3.52. The van der Waals surface area contributed by atoms with Crippen LogP contribution < -0.4 is 32.5 Å². The van der Waals surface area contributed by atoms with Crippen LogP contribution in [0.2, 0.25) is 0 Å². The van der Waals surface area contributed by atoms with Gasteiger partial charge in [0.2, 0.25) is 29.5 Å². The molecule has 22 heteroatoms. The van der Waals surface area contributed by atoms with E-state index in [1.165, 1.54) is 17.3 Å². The van der Waals surface area contributed by atoms with Gasteiger partial charge in [-0.05, 0) is 87.2 Å². The molecule has 7 atom stereocenters. The number of carbonyl (C=O) groups excluding carboxylic acids is 6. The molecule has 3 aromatic rings. The van der Waals surface area contributed by atoms with E-state index in [0.29, 0.717) is 61.9 Å². The number of primary amides is 1. The van der Waals surface area contributed by atoms with Crippen molar-refractivity contribution in [2.45, 2.75) is 120 Å². The Labute approximate surface area is 397 Å². The number of benzene rings is 1. The number of aromatic nitrogens is 3. The first-order valence-electron chi connectivity index (χ1n) is 23.5. The number of rotatable bonds is 22. The van der Waals surface area contributed by atoms with Crippen LogP contribution in [-0.2, 0) is 44.5 Å². The number of anilines is 1. The number of nitrogens with one attached hydrogen (secondary N) is 5. The lowest BCUT2D eigenvalue weighted by Gasteiger charge is -2.43. The quantitative estimate of drug-likeness (QED) is 0.0481. The monoisotopic (exact) mass is 965 g/mol. The third-order valence-corrected chi connectivity index (χ3v) is 13.8. The van der Waals surface area contributed by atoms with Crippen molar-refractivity contribution in [2.75, 3.05) is 45.3 Å². The summed E-state index contributed by atoms with van der Waals surface area (Å²) in [6, 6.07) is 3.52. The minimum absolute atomic E-state index is 0.00907. The molecule has 0 bridgehead atoms. The second-order valence-corrected chi connectivity index (χ2v) is 19.1. The standard InChI is InChI=1S/C47H62F3N11O8/c1-27(2)23-53-31-7-9-38(61-13-10-36(44(61)66)57-42-34-19-30(47(48,49)50)6-8-35(34)54-26-55-42)37(20-31)58-43(65)29-17-32(18-29)56-39(63)11-14-68-15-16-69-59-33(25-62)21-46(45(51)67)22-40(64)60(3)41(46)28-5-4-12-52-24-28/h4-6,8,12,19,24-27,29,31-33,36-38,41,53,59H,7,9-11,13-18,20-23H2,1-3H3,(H2,51,67)(H,56,63)(H,58,65)(H,54,55,57)/t29?,31-,32?,33+,36+,37-,38+,41+,46+/m1/s1. The van der Waals surface area contributed by atoms with Crippen molar-refractivity contribution in [3.05, 3.63) is 60.2 Å². The number of carbonyl (C=O) groups is 6. The zero-order valence-electron chi connectivity index (χ0n) is 39.0. The Morgan fingerprint density at radius 2 is 1.81 bits per heavy atom. The van der Waals surface area contributed by atoms with Crippen LogP contribution in [-0.4, -0.2) is 137 Å². The predicted octanol–water partition coefficient (Wildman–Crippen LogP) is 2.56. The van der Waals surface area contributed by atoms with Gasteiger partial charge in [-0.2, -0.15) is 18.7 Å². The van der Waals surface area contributed by atoms with E-state index in [9.17, 15) is 41.9 Å². The Morgan fingerprint density at radius 3 is 2.52 bits per heavy atom. The highest BCUT2D eigenvalue weighted by Gasteiger charge is 2.56. The molecule has 2 aliphatic carbocycles. The van der Waals surface area contributed by atoms with Crippen molar-refractivity contribution in [3.8, 4) is 0 Å². The number of hydrogen-bond donors (Lipinski definition) is 6. The van der Waals surface area contributed by atoms with Gasteiger partial charge in [-0.3, -0.25) is 33.8 Å². The van der Waals surface area contributed by atoms with Crippen LogP contribution in [0.1, 0.15) is 88.8 Å². The number of halogens is 3. The molecule has 2 saturated carbocycles. The number of nitrogens with two attached hydrogens (primary N) is 1. The molecule has 69 heavy (non-hydrogen) atoms. The Bertz CT molecular complexity index is 2320. The predicted molar refractivity (Wildman–Crippen MR) is 244 cm³/mol. The van der Waals surface area contributed by atoms with Crippen molar-refractivity contribution in [1.82, 2.24) is 46.2 Å². The Balaban J connectivity index is 0.839. The molecule has 2 aliphatic heterocycles. The molecule has 1 aromatic carbocycles. The number of aldehydes is 1. The number of alkyl halides is 3. The SMILES string of the molecule is CC(C)CN[C@@H]1CC[C@H](N2CC[C@H](Nc3ncnc4ccc(C(F)(F)F)cc34)C2=O)[C@H](NC(=O)C2CC(NC(=O)CCOCCON[C@H](C=O)C[C@]3(C(N)=O)CC(=O)N(C)[C@H]3c3cccnc3)C2)C1. The maximum absolute atomic E-state index is 14.0. The maximum Gasteiger partial charge on any atom is 0.416 e. The zero-order valence-corrected chi connectivity index (χ0v) is 39.0. The average Bonchev–Trinajstić information content (AvgIpc) is 3.79. The molecule has 374 valence electrons. The Hall–Kier alpha value is -5.84. The van der Waals surface area contributed by atoms with Gasteiger partial charge in [0.05, 0.1) is 60.5 Å². The van der Waals surface area contributed by atoms with Crippen LogP contribution in [0.15, 0.2) is 49.1 Å². The van der Waals surface area contributed by atoms with E-state index in [1.54, 1.807) is 36.5 Å². The number of likely N-dealkylation sites (tertiary alicyclic amines) is 2. The average molecular weight is 966 g/mol. The summed E-state index contributed by atoms with van der Waals surface area (Å²) in [6.45, 7) is 5.61. The summed E-state index contributed by atoms with van der Waals surface area (Å²) in [4.78, 5) is 99.3. The van der Waals surface area contributed by atoms with E-state index in [1.807, 2.05) is 0 Å². The molecular weight excluding hydrogens is 904 g/mol. The lowest BCUT2D eigenvalue weighted by molar-refractivity contribution is -0.137. The molecule has 4 heterocycles. The molecule has 0 radical (unpaired) electrons. The van der Waals surface area contributed by atoms with Gasteiger partial charge in [-0.25, -0.2) is 9.97 Å². The number of pyridine rings is 1. The van der Waals surface area contributed by atoms with Gasteiger partial charge in [0, 0.05) is 62.2 Å². The van der Waals surface area contributed by atoms with Crippen molar-refractivity contribution in [3.63, 3.8) is 0 Å². The van der Waals surface area contributed by atoms with Gasteiger partial charge in [0.25, 0.3) is 0 Å². The highest BCUT2D eigenvalue weighted by atomic mass is 19.4. The van der Waals surface area contributed by atoms with Crippen LogP contribution in [0.4, 0.5) is 19.0 Å². The fourth-order valence-electron chi connectivity index (χ4n) is 10.1. The highest BCUT2D eigenvalue weighted by Crippen LogP contribution is 2.50. The van der Waals surface area contributed by atoms with Crippen LogP contribution in [0.5, 0.6) is 0 Å². The van der Waals surface area contributed by atoms with Gasteiger partial charge in [0.15, 0.2) is 0 Å². The summed E-state index contributed by atoms with van der Waals surface area (Å²) in [5.74, 6) is -1.39. The fraction of sp³-hybridized carbons (Fsp3) is 0.596. The first-order chi connectivity index (χ1) is 33.0. The molecule has 7 rings (SSSR count). The molecule has 19 nitrogen and oxygen atoms in total. The van der Waals surface area contributed by atoms with E-state index in [0.717, 1.165) is 25.1 Å². The molecule has 2 aromatic heterocycles. The first-order valence-corrected chi connectivity index (χ1v) is 23.5. The fourth-order valence-corrected chi connectivity index (χ4v) is 10.1. The van der Waals surface area contributed by atoms with E-state index in [-0.39, 0.29) is 104 Å². The summed E-state index contributed by atoms with van der Waals surface area (Å²) in [5.41, 5.74) is 7.21. The Morgan fingerprint density at radius 1 is 1.01 bits per heavy atom. The molecule has 4 fully saturated rings. The van der Waals surface area contributed by atoms with Crippen LogP contribution in [0.3, 0.4) is 0 Å². The van der Waals surface area contributed by atoms with E-state index in [2.05, 4.69) is 55.5 Å². The summed E-state index contributed by atoms with van der Waals surface area (Å²) >= 11 is 0. The third kappa shape index (κ3) is 12.1. The second-order valence-electron chi connectivity index (χ2n) is 19.1. The Kier molecular flexibility index (Phi) is 16.5. The summed E-state index contributed by atoms with van der Waals surface area (Å²) in [5, 5.41) is 13.1. The van der Waals surface area contributed by atoms with Crippen molar-refractivity contribution in [1.29, 1.82) is 0 Å². The van der Waals surface area contributed by atoms with Crippen molar-refractivity contribution < 1.29 is 51.5 Å². The molecule has 5 amide bonds. The first kappa shape index (κ1) is 51.0. The number of hydroxylamine groups is 1. The van der Waals surface area contributed by atoms with E-state index < -0.39 is 41.2 Å². The van der Waals surface area contributed by atoms with E-state index >= 15 is 0 Å². The smallest absolute Gasteiger partial charge is 0.378 e. The van der Waals surface area contributed by atoms with Crippen molar-refractivity contribution in [2.24, 2.45) is 23.0 Å². The lowest BCUT2D eigenvalue weighted by atomic mass is 9.72. The number of ether oxygens (including phenoxy) is 1. The number of fused-ring (bicyclic) bond motifs is 1. The number of nitrogens with zero attached hydrogens (tertiary/aromatic N) is 5. The van der Waals surface area contributed by atoms with Gasteiger partial charge >= 0.3 is 6.18 Å². The van der Waals surface area contributed by atoms with Crippen LogP contribution in [0, 0.1) is 17.3 Å². The third-order valence-electron chi connectivity index (χ3n) is 13.8. The molecular formula is C47H62F3N11O8. The molecule has 0 unspecified atom stereocenters. The van der Waals surface area contributed by atoms with Gasteiger partial charge < -0.3 is 46.3 Å². The topological polar surface area (TPSA) is 252 Å². The largest absolute Gasteiger partial charge is 0.416 e. The van der Waals surface area contributed by atoms with Gasteiger partial charge in [0.1, 0.15) is 24.5 Å². The summed E-state index contributed by atoms with van der Waals surface area (Å²) < 4.78 is 46.3. The zero-order chi connectivity index (χ0) is 49.5. The minimum Gasteiger partial charge on any atom is -0.378 e. The normalized spacial score (nSPS) is 26.5. The maximum atomic E-state index is 14.0. The van der Waals surface area contributed by atoms with Crippen molar-refractivity contribution >= 4 is 52.5 Å². The van der Waals surface area contributed by atoms with Gasteiger partial charge in [-0.15, -0.1) is 0 Å². The molecule has 2 saturated heterocycles. The van der Waals surface area contributed by atoms with Crippen LogP contribution >= 0.6 is 0 Å². The summed E-state index contributed by atoms with van der Waals surface area (Å²) in [7, 11) is 1.58. The number of hydrogen-bond acceptors (Lipinski definition) is 14. The lowest BCUT2D eigenvalue weighted by Crippen LogP contribution is -2.60. The molecule has 4 aliphatic rings. The highest BCUT2D eigenvalue weighted by molar-refractivity contribution is 5.94. The molecule has 7 N–H and O–H groups in total.